The molecule has 10 heteroatoms. The third-order valence-electron chi connectivity index (χ3n) is 4.54. The molecule has 1 fully saturated rings. The Morgan fingerprint density at radius 3 is 2.52 bits per heavy atom. The first kappa shape index (κ1) is 21.4. The van der Waals surface area contributed by atoms with Crippen LogP contribution in [0.25, 0.3) is 0 Å². The normalized spacial score (nSPS) is 24.3. The van der Waals surface area contributed by atoms with Crippen molar-refractivity contribution >= 4 is 11.7 Å². The maximum Gasteiger partial charge on any atom is 0.351 e. The number of ether oxygens (including phenoxy) is 1. The summed E-state index contributed by atoms with van der Waals surface area (Å²) < 4.78 is 33.7. The van der Waals surface area contributed by atoms with E-state index in [1.165, 1.54) is 6.07 Å². The molecule has 1 saturated heterocycles. The molecule has 1 amide bonds. The van der Waals surface area contributed by atoms with Crippen LogP contribution in [0, 0.1) is 5.92 Å². The Bertz CT molecular complexity index is 706. The number of hydrogen-bond donors (Lipinski definition) is 3. The first-order chi connectivity index (χ1) is 12.8. The lowest BCUT2D eigenvalue weighted by Gasteiger charge is -2.21. The Hall–Kier alpha value is -1.91. The van der Waals surface area contributed by atoms with Crippen LogP contribution in [-0.2, 0) is 9.53 Å². The van der Waals surface area contributed by atoms with Crippen molar-refractivity contribution in [3.63, 3.8) is 0 Å². The van der Waals surface area contributed by atoms with E-state index >= 15 is 0 Å². The Kier molecular flexibility index (Phi) is 7.01. The first-order valence-corrected chi connectivity index (χ1v) is 8.98. The van der Waals surface area contributed by atoms with Crippen molar-refractivity contribution < 1.29 is 28.5 Å². The fraction of sp³-hybridized carbons (Fsp3) is 0.706. The number of carbonyl (C=O) groups is 1. The van der Waals surface area contributed by atoms with Gasteiger partial charge < -0.3 is 20.3 Å². The van der Waals surface area contributed by atoms with E-state index in [0.29, 0.717) is 17.4 Å². The van der Waals surface area contributed by atoms with Crippen LogP contribution in [0.3, 0.4) is 0 Å². The van der Waals surface area contributed by atoms with Gasteiger partial charge in [-0.05, 0) is 18.9 Å². The zero-order valence-electron chi connectivity index (χ0n) is 15.3. The lowest BCUT2D eigenvalue weighted by atomic mass is 9.97. The van der Waals surface area contributed by atoms with Gasteiger partial charge in [0.05, 0.1) is 6.61 Å². The van der Waals surface area contributed by atoms with E-state index in [0.717, 1.165) is 19.0 Å². The molecular formula is C17H25F2N3O5. The smallest absolute Gasteiger partial charge is 0.351 e. The number of nitrogens with zero attached hydrogens (tertiary/aromatic N) is 2. The summed E-state index contributed by atoms with van der Waals surface area (Å²) in [5.74, 6) is -4.32. The standard InChI is InChI=1S/C17H25F2N3O5/c1-3-5-10(6-4-2)14(25)20-12-7-8-22(16(26)21-12)15-17(18,19)13(24)11(9-23)27-15/h7-8,10-11,13,15,23-24H,3-6,9H2,1-2H3,(H,20,21,25,26)/t11-,13-,15+/m1/s1. The van der Waals surface area contributed by atoms with Gasteiger partial charge in [0.2, 0.25) is 12.1 Å². The highest BCUT2D eigenvalue weighted by Gasteiger charge is 2.59. The second-order valence-corrected chi connectivity index (χ2v) is 6.59. The fourth-order valence-electron chi connectivity index (χ4n) is 3.11. The fourth-order valence-corrected chi connectivity index (χ4v) is 3.11. The lowest BCUT2D eigenvalue weighted by Crippen LogP contribution is -2.41. The van der Waals surface area contributed by atoms with Crippen LogP contribution in [0.4, 0.5) is 14.6 Å². The van der Waals surface area contributed by atoms with E-state index in [1.54, 1.807) is 0 Å². The summed E-state index contributed by atoms with van der Waals surface area (Å²) in [5, 5.41) is 21.1. The monoisotopic (exact) mass is 389 g/mol. The van der Waals surface area contributed by atoms with Crippen molar-refractivity contribution in [3.05, 3.63) is 22.7 Å². The van der Waals surface area contributed by atoms with Crippen LogP contribution < -0.4 is 11.0 Å². The Labute approximate surface area is 155 Å². The number of halogens is 2. The number of alkyl halides is 2. The molecule has 2 heterocycles. The molecule has 1 aliphatic rings. The number of carbonyl (C=O) groups excluding carboxylic acids is 1. The van der Waals surface area contributed by atoms with E-state index in [2.05, 4.69) is 10.3 Å². The number of hydrogen-bond acceptors (Lipinski definition) is 6. The van der Waals surface area contributed by atoms with E-state index in [1.807, 2.05) is 13.8 Å². The number of anilines is 1. The summed E-state index contributed by atoms with van der Waals surface area (Å²) in [6.07, 6.45) is -1.79. The van der Waals surface area contributed by atoms with Crippen molar-refractivity contribution in [2.75, 3.05) is 11.9 Å². The van der Waals surface area contributed by atoms with Gasteiger partial charge in [-0.2, -0.15) is 13.8 Å². The summed E-state index contributed by atoms with van der Waals surface area (Å²) in [6.45, 7) is 3.11. The largest absolute Gasteiger partial charge is 0.394 e. The molecule has 0 saturated carbocycles. The van der Waals surface area contributed by atoms with Crippen LogP contribution in [0.5, 0.6) is 0 Å². The SMILES string of the molecule is CCCC(CCC)C(=O)Nc1ccn([C@H]2O[C@H](CO)[C@@H](O)C2(F)F)c(=O)n1. The molecule has 1 aliphatic heterocycles. The van der Waals surface area contributed by atoms with Gasteiger partial charge >= 0.3 is 11.6 Å². The van der Waals surface area contributed by atoms with Gasteiger partial charge in [-0.25, -0.2) is 4.79 Å². The number of aliphatic hydroxyl groups excluding tert-OH is 2. The highest BCUT2D eigenvalue weighted by molar-refractivity contribution is 5.91. The molecule has 2 rings (SSSR count). The number of amides is 1. The van der Waals surface area contributed by atoms with Gasteiger partial charge in [0.1, 0.15) is 11.9 Å². The van der Waals surface area contributed by atoms with Gasteiger partial charge in [-0.15, -0.1) is 0 Å². The molecule has 0 unspecified atom stereocenters. The van der Waals surface area contributed by atoms with Crippen molar-refractivity contribution in [1.82, 2.24) is 9.55 Å². The zero-order chi connectivity index (χ0) is 20.2. The summed E-state index contributed by atoms with van der Waals surface area (Å²) in [5.41, 5.74) is -1.06. The lowest BCUT2D eigenvalue weighted by molar-refractivity contribution is -0.141. The second kappa shape index (κ2) is 8.85. The number of aromatic nitrogens is 2. The summed E-state index contributed by atoms with van der Waals surface area (Å²) in [6, 6.07) is 1.21. The maximum absolute atomic E-state index is 14.1. The van der Waals surface area contributed by atoms with Crippen LogP contribution >= 0.6 is 0 Å². The van der Waals surface area contributed by atoms with E-state index in [9.17, 15) is 23.5 Å². The number of nitrogens with one attached hydrogen (secondary N) is 1. The zero-order valence-corrected chi connectivity index (χ0v) is 15.3. The number of aliphatic hydroxyl groups is 2. The van der Waals surface area contributed by atoms with Crippen molar-refractivity contribution in [2.45, 2.75) is 63.9 Å². The first-order valence-electron chi connectivity index (χ1n) is 8.98. The quantitative estimate of drug-likeness (QED) is 0.617. The van der Waals surface area contributed by atoms with E-state index in [-0.39, 0.29) is 17.6 Å². The topological polar surface area (TPSA) is 114 Å². The predicted octanol–water partition coefficient (Wildman–Crippen LogP) is 1.28. The summed E-state index contributed by atoms with van der Waals surface area (Å²) in [4.78, 5) is 28.1. The molecule has 0 radical (unpaired) electrons. The van der Waals surface area contributed by atoms with Crippen molar-refractivity contribution in [3.8, 4) is 0 Å². The average Bonchev–Trinajstić information content (AvgIpc) is 2.84. The van der Waals surface area contributed by atoms with Crippen LogP contribution in [0.15, 0.2) is 17.1 Å². The van der Waals surface area contributed by atoms with Gasteiger partial charge in [-0.1, -0.05) is 26.7 Å². The third-order valence-corrected chi connectivity index (χ3v) is 4.54. The number of rotatable bonds is 8. The molecular weight excluding hydrogens is 364 g/mol. The molecule has 0 aliphatic carbocycles. The molecule has 0 bridgehead atoms. The Morgan fingerprint density at radius 1 is 1.41 bits per heavy atom. The molecule has 27 heavy (non-hydrogen) atoms. The minimum atomic E-state index is -3.78. The Morgan fingerprint density at radius 2 is 2.04 bits per heavy atom. The average molecular weight is 389 g/mol. The van der Waals surface area contributed by atoms with Gasteiger partial charge in [0.25, 0.3) is 0 Å². The molecule has 1 aromatic heterocycles. The molecule has 0 spiro atoms. The van der Waals surface area contributed by atoms with Crippen molar-refractivity contribution in [2.24, 2.45) is 5.92 Å². The van der Waals surface area contributed by atoms with Crippen LogP contribution in [0.2, 0.25) is 0 Å². The van der Waals surface area contributed by atoms with Crippen LogP contribution in [0.1, 0.15) is 45.8 Å². The molecule has 152 valence electrons. The van der Waals surface area contributed by atoms with Gasteiger partial charge in [0.15, 0.2) is 6.10 Å². The minimum absolute atomic E-state index is 0.0426. The summed E-state index contributed by atoms with van der Waals surface area (Å²) >= 11 is 0. The molecule has 3 atom stereocenters. The van der Waals surface area contributed by atoms with Crippen LogP contribution in [-0.4, -0.2) is 50.4 Å². The molecule has 0 aromatic carbocycles. The van der Waals surface area contributed by atoms with Crippen molar-refractivity contribution in [1.29, 1.82) is 0 Å². The Balaban J connectivity index is 2.18. The minimum Gasteiger partial charge on any atom is -0.394 e. The molecule has 8 nitrogen and oxygen atoms in total. The highest BCUT2D eigenvalue weighted by Crippen LogP contribution is 2.41. The summed E-state index contributed by atoms with van der Waals surface area (Å²) in [7, 11) is 0. The molecule has 1 aromatic rings. The molecule has 3 N–H and O–H groups in total. The van der Waals surface area contributed by atoms with E-state index in [4.69, 9.17) is 9.84 Å². The predicted molar refractivity (Wildman–Crippen MR) is 92.4 cm³/mol. The van der Waals surface area contributed by atoms with Gasteiger partial charge in [-0.3, -0.25) is 9.36 Å². The van der Waals surface area contributed by atoms with Gasteiger partial charge in [0, 0.05) is 12.1 Å². The van der Waals surface area contributed by atoms with E-state index < -0.39 is 36.7 Å². The maximum atomic E-state index is 14.1. The second-order valence-electron chi connectivity index (χ2n) is 6.59. The third kappa shape index (κ3) is 4.50. The highest BCUT2D eigenvalue weighted by atomic mass is 19.3.